The quantitative estimate of drug-likeness (QED) is 0.503. The zero-order valence-corrected chi connectivity index (χ0v) is 16.0. The molecule has 0 aliphatic carbocycles. The summed E-state index contributed by atoms with van der Waals surface area (Å²) in [5, 5.41) is 4.34. The number of carbonyl (C=O) groups is 1. The highest BCUT2D eigenvalue weighted by Gasteiger charge is 2.23. The fraction of sp³-hybridized carbons (Fsp3) is 0.105. The summed E-state index contributed by atoms with van der Waals surface area (Å²) < 4.78 is 2.50. The number of fused-ring (bicyclic) bond motifs is 1. The number of carbonyl (C=O) groups excluding carboxylic acids is 1. The number of amides is 1. The van der Waals surface area contributed by atoms with Crippen LogP contribution in [0.5, 0.6) is 0 Å². The fourth-order valence-electron chi connectivity index (χ4n) is 2.67. The van der Waals surface area contributed by atoms with Crippen molar-refractivity contribution in [2.75, 3.05) is 4.90 Å². The average Bonchev–Trinajstić information content (AvgIpc) is 3.13. The maximum atomic E-state index is 13.2. The van der Waals surface area contributed by atoms with Crippen molar-refractivity contribution in [1.82, 2.24) is 24.6 Å². The molecule has 1 amide bonds. The number of aryl methyl sites for hydroxylation is 1. The molecule has 0 atom stereocenters. The van der Waals surface area contributed by atoms with Crippen LogP contribution in [0.3, 0.4) is 0 Å². The van der Waals surface area contributed by atoms with E-state index in [0.717, 1.165) is 21.5 Å². The van der Waals surface area contributed by atoms with Gasteiger partial charge in [0.15, 0.2) is 0 Å². The molecule has 0 aliphatic rings. The number of anilines is 1. The van der Waals surface area contributed by atoms with Crippen LogP contribution in [0.4, 0.5) is 5.69 Å². The fourth-order valence-corrected chi connectivity index (χ4v) is 2.94. The first kappa shape index (κ1) is 17.3. The van der Waals surface area contributed by atoms with E-state index in [1.54, 1.807) is 21.8 Å². The standard InChI is InChI=1S/C19H15BrN6O/c1-13-9-11-22-19-23-17(24-26(13)19)18(27)25(12-15-4-2-3-10-21-15)16-7-5-14(20)6-8-16/h2-11H,12H2,1H3. The second-order valence-electron chi connectivity index (χ2n) is 5.92. The third kappa shape index (κ3) is 3.56. The predicted octanol–water partition coefficient (Wildman–Crippen LogP) is 3.44. The molecular weight excluding hydrogens is 408 g/mol. The molecule has 27 heavy (non-hydrogen) atoms. The van der Waals surface area contributed by atoms with Gasteiger partial charge in [0.05, 0.1) is 12.2 Å². The molecule has 0 saturated heterocycles. The van der Waals surface area contributed by atoms with E-state index in [1.165, 1.54) is 0 Å². The first-order chi connectivity index (χ1) is 13.1. The molecule has 0 N–H and O–H groups in total. The summed E-state index contributed by atoms with van der Waals surface area (Å²) in [5.74, 6) is 0.176. The molecule has 0 aliphatic heterocycles. The zero-order valence-electron chi connectivity index (χ0n) is 14.5. The van der Waals surface area contributed by atoms with Gasteiger partial charge in [-0.25, -0.2) is 9.50 Å². The highest BCUT2D eigenvalue weighted by atomic mass is 79.9. The summed E-state index contributed by atoms with van der Waals surface area (Å²) in [5.41, 5.74) is 2.36. The summed E-state index contributed by atoms with van der Waals surface area (Å²) in [6.07, 6.45) is 3.35. The van der Waals surface area contributed by atoms with Gasteiger partial charge >= 0.3 is 0 Å². The minimum atomic E-state index is -0.312. The number of rotatable bonds is 4. The van der Waals surface area contributed by atoms with Crippen molar-refractivity contribution >= 4 is 33.3 Å². The van der Waals surface area contributed by atoms with E-state index >= 15 is 0 Å². The minimum absolute atomic E-state index is 0.0932. The molecule has 3 aromatic heterocycles. The van der Waals surface area contributed by atoms with Crippen molar-refractivity contribution in [2.24, 2.45) is 0 Å². The molecule has 0 fully saturated rings. The first-order valence-electron chi connectivity index (χ1n) is 8.27. The van der Waals surface area contributed by atoms with Gasteiger partial charge in [0.1, 0.15) is 0 Å². The van der Waals surface area contributed by atoms with Gasteiger partial charge in [-0.2, -0.15) is 4.98 Å². The molecule has 134 valence electrons. The highest BCUT2D eigenvalue weighted by Crippen LogP contribution is 2.22. The van der Waals surface area contributed by atoms with Crippen LogP contribution in [-0.4, -0.2) is 30.5 Å². The highest BCUT2D eigenvalue weighted by molar-refractivity contribution is 9.10. The SMILES string of the molecule is Cc1ccnc2nc(C(=O)N(Cc3ccccn3)c3ccc(Br)cc3)nn12. The van der Waals surface area contributed by atoms with Gasteiger partial charge in [0, 0.05) is 28.2 Å². The van der Waals surface area contributed by atoms with Crippen molar-refractivity contribution in [1.29, 1.82) is 0 Å². The maximum Gasteiger partial charge on any atom is 0.298 e. The van der Waals surface area contributed by atoms with Crippen molar-refractivity contribution < 1.29 is 4.79 Å². The van der Waals surface area contributed by atoms with Gasteiger partial charge in [0.25, 0.3) is 11.7 Å². The Hall–Kier alpha value is -3.13. The summed E-state index contributed by atoms with van der Waals surface area (Å²) in [7, 11) is 0. The topological polar surface area (TPSA) is 76.3 Å². The Morgan fingerprint density at radius 3 is 2.59 bits per heavy atom. The lowest BCUT2D eigenvalue weighted by Gasteiger charge is -2.21. The summed E-state index contributed by atoms with van der Waals surface area (Å²) in [4.78, 5) is 27.7. The van der Waals surface area contributed by atoms with Crippen LogP contribution in [0.1, 0.15) is 22.0 Å². The van der Waals surface area contributed by atoms with Gasteiger partial charge in [-0.1, -0.05) is 22.0 Å². The zero-order chi connectivity index (χ0) is 18.8. The molecule has 0 bridgehead atoms. The molecule has 0 unspecified atom stereocenters. The number of halogens is 1. The predicted molar refractivity (Wildman–Crippen MR) is 104 cm³/mol. The Labute approximate surface area is 163 Å². The van der Waals surface area contributed by atoms with E-state index in [-0.39, 0.29) is 11.7 Å². The van der Waals surface area contributed by atoms with Gasteiger partial charge in [-0.15, -0.1) is 5.10 Å². The number of hydrogen-bond acceptors (Lipinski definition) is 5. The van der Waals surface area contributed by atoms with Crippen LogP contribution in [0.2, 0.25) is 0 Å². The minimum Gasteiger partial charge on any atom is -0.300 e. The van der Waals surface area contributed by atoms with Crippen LogP contribution in [-0.2, 0) is 6.54 Å². The summed E-state index contributed by atoms with van der Waals surface area (Å²) in [6.45, 7) is 2.20. The van der Waals surface area contributed by atoms with Crippen LogP contribution in [0, 0.1) is 6.92 Å². The Morgan fingerprint density at radius 2 is 1.89 bits per heavy atom. The molecule has 4 aromatic rings. The third-order valence-electron chi connectivity index (χ3n) is 4.05. The molecule has 1 aromatic carbocycles. The lowest BCUT2D eigenvalue weighted by Crippen LogP contribution is -2.31. The number of benzene rings is 1. The molecular formula is C19H15BrN6O. The van der Waals surface area contributed by atoms with E-state index in [4.69, 9.17) is 0 Å². The van der Waals surface area contributed by atoms with Gasteiger partial charge in [-0.3, -0.25) is 14.7 Å². The number of nitrogens with zero attached hydrogens (tertiary/aromatic N) is 6. The Bertz CT molecular complexity index is 1090. The van der Waals surface area contributed by atoms with E-state index in [1.807, 2.05) is 55.5 Å². The summed E-state index contributed by atoms with van der Waals surface area (Å²) in [6, 6.07) is 14.9. The molecule has 0 spiro atoms. The van der Waals surface area contributed by atoms with Crippen molar-refractivity contribution in [3.8, 4) is 0 Å². The van der Waals surface area contributed by atoms with Crippen molar-refractivity contribution in [2.45, 2.75) is 13.5 Å². The second-order valence-corrected chi connectivity index (χ2v) is 6.84. The lowest BCUT2D eigenvalue weighted by atomic mass is 10.2. The van der Waals surface area contributed by atoms with Crippen molar-refractivity contribution in [3.05, 3.63) is 82.6 Å². The third-order valence-corrected chi connectivity index (χ3v) is 4.58. The largest absolute Gasteiger partial charge is 0.300 e. The van der Waals surface area contributed by atoms with E-state index in [0.29, 0.717) is 12.3 Å². The first-order valence-corrected chi connectivity index (χ1v) is 9.07. The number of aromatic nitrogens is 5. The normalized spacial score (nSPS) is 10.9. The molecule has 4 rings (SSSR count). The maximum absolute atomic E-state index is 13.2. The Balaban J connectivity index is 1.75. The second kappa shape index (κ2) is 7.24. The van der Waals surface area contributed by atoms with Crippen LogP contribution >= 0.6 is 15.9 Å². The Morgan fingerprint density at radius 1 is 1.07 bits per heavy atom. The molecule has 3 heterocycles. The number of hydrogen-bond donors (Lipinski definition) is 0. The smallest absolute Gasteiger partial charge is 0.298 e. The van der Waals surface area contributed by atoms with Gasteiger partial charge < -0.3 is 0 Å². The molecule has 0 radical (unpaired) electrons. The van der Waals surface area contributed by atoms with Crippen LogP contribution in [0.15, 0.2) is 65.4 Å². The van der Waals surface area contributed by atoms with Crippen LogP contribution in [0.25, 0.3) is 5.78 Å². The lowest BCUT2D eigenvalue weighted by molar-refractivity contribution is 0.0975. The summed E-state index contributed by atoms with van der Waals surface area (Å²) >= 11 is 3.42. The van der Waals surface area contributed by atoms with E-state index in [9.17, 15) is 4.79 Å². The van der Waals surface area contributed by atoms with Crippen LogP contribution < -0.4 is 4.90 Å². The molecule has 7 nitrogen and oxygen atoms in total. The average molecular weight is 423 g/mol. The molecule has 8 heteroatoms. The Kier molecular flexibility index (Phi) is 4.64. The van der Waals surface area contributed by atoms with Gasteiger partial charge in [0.2, 0.25) is 5.82 Å². The number of pyridine rings is 1. The monoisotopic (exact) mass is 422 g/mol. The molecule has 0 saturated carbocycles. The van der Waals surface area contributed by atoms with Gasteiger partial charge in [-0.05, 0) is 49.4 Å². The van der Waals surface area contributed by atoms with E-state index < -0.39 is 0 Å². The van der Waals surface area contributed by atoms with Crippen molar-refractivity contribution in [3.63, 3.8) is 0 Å². The van der Waals surface area contributed by atoms with E-state index in [2.05, 4.69) is 36.0 Å².